The van der Waals surface area contributed by atoms with Gasteiger partial charge in [0.1, 0.15) is 5.69 Å². The Morgan fingerprint density at radius 2 is 1.79 bits per heavy atom. The van der Waals surface area contributed by atoms with Crippen LogP contribution in [0, 0.1) is 13.8 Å². The molecule has 0 radical (unpaired) electrons. The minimum Gasteiger partial charge on any atom is -0.350 e. The highest BCUT2D eigenvalue weighted by molar-refractivity contribution is 6.30. The van der Waals surface area contributed by atoms with E-state index in [-0.39, 0.29) is 5.91 Å². The second-order valence-electron chi connectivity index (χ2n) is 6.69. The van der Waals surface area contributed by atoms with Crippen LogP contribution in [-0.4, -0.2) is 22.4 Å². The van der Waals surface area contributed by atoms with Crippen LogP contribution in [0.3, 0.4) is 0 Å². The molecule has 1 heterocycles. The normalized spacial score (nSPS) is 10.5. The molecule has 0 bridgehead atoms. The maximum absolute atomic E-state index is 12.5. The molecule has 0 unspecified atom stereocenters. The molecule has 6 heteroatoms. The summed E-state index contributed by atoms with van der Waals surface area (Å²) in [5.74, 6) is 0.238. The lowest BCUT2D eigenvalue weighted by Crippen LogP contribution is -2.27. The van der Waals surface area contributed by atoms with Gasteiger partial charge in [-0.3, -0.25) is 4.79 Å². The topological polar surface area (TPSA) is 66.9 Å². The average molecular weight is 395 g/mol. The van der Waals surface area contributed by atoms with E-state index in [9.17, 15) is 4.79 Å². The van der Waals surface area contributed by atoms with Gasteiger partial charge in [0.25, 0.3) is 5.91 Å². The Labute approximate surface area is 170 Å². The summed E-state index contributed by atoms with van der Waals surface area (Å²) >= 11 is 5.89. The summed E-state index contributed by atoms with van der Waals surface area (Å²) in [5, 5.41) is 6.81. The Morgan fingerprint density at radius 3 is 2.54 bits per heavy atom. The third-order valence-corrected chi connectivity index (χ3v) is 4.48. The fourth-order valence-corrected chi connectivity index (χ4v) is 2.96. The number of hydrogen-bond donors (Lipinski definition) is 2. The molecule has 2 aromatic carbocycles. The van der Waals surface area contributed by atoms with Crippen LogP contribution in [0.1, 0.15) is 32.9 Å². The molecular weight excluding hydrogens is 372 g/mol. The van der Waals surface area contributed by atoms with E-state index in [0.717, 1.165) is 23.2 Å². The van der Waals surface area contributed by atoms with Gasteiger partial charge in [0, 0.05) is 23.8 Å². The molecule has 28 heavy (non-hydrogen) atoms. The zero-order chi connectivity index (χ0) is 19.9. The Kier molecular flexibility index (Phi) is 6.61. The van der Waals surface area contributed by atoms with Crippen molar-refractivity contribution in [2.75, 3.05) is 11.9 Å². The molecule has 3 aromatic rings. The van der Waals surface area contributed by atoms with Gasteiger partial charge in [0.15, 0.2) is 0 Å². The Balaban J connectivity index is 1.58. The van der Waals surface area contributed by atoms with Gasteiger partial charge in [-0.05, 0) is 49.6 Å². The van der Waals surface area contributed by atoms with E-state index in [1.54, 1.807) is 6.07 Å². The van der Waals surface area contributed by atoms with Crippen LogP contribution in [0.25, 0.3) is 0 Å². The Hall–Kier alpha value is -2.92. The highest BCUT2D eigenvalue weighted by atomic mass is 35.5. The van der Waals surface area contributed by atoms with Gasteiger partial charge in [0.05, 0.1) is 0 Å². The lowest BCUT2D eigenvalue weighted by molar-refractivity contribution is 0.0949. The van der Waals surface area contributed by atoms with Crippen molar-refractivity contribution >= 4 is 23.5 Å². The standard InChI is InChI=1S/C22H23ClN4O/c1-15-4-3-5-18(12-15)14-25-22-26-16(2)13-20(27-22)21(28)24-11-10-17-6-8-19(23)9-7-17/h3-9,12-13H,10-11,14H2,1-2H3,(H,24,28)(H,25,26,27). The van der Waals surface area contributed by atoms with Crippen molar-refractivity contribution in [1.29, 1.82) is 0 Å². The van der Waals surface area contributed by atoms with Crippen LogP contribution in [0.4, 0.5) is 5.95 Å². The summed E-state index contributed by atoms with van der Waals surface area (Å²) < 4.78 is 0. The van der Waals surface area contributed by atoms with Crippen LogP contribution in [0.5, 0.6) is 0 Å². The van der Waals surface area contributed by atoms with Crippen molar-refractivity contribution in [2.24, 2.45) is 0 Å². The minimum absolute atomic E-state index is 0.210. The number of nitrogens with one attached hydrogen (secondary N) is 2. The minimum atomic E-state index is -0.210. The number of aromatic nitrogens is 2. The molecule has 2 N–H and O–H groups in total. The summed E-state index contributed by atoms with van der Waals surface area (Å²) in [6.45, 7) is 5.03. The first-order valence-corrected chi connectivity index (χ1v) is 9.55. The highest BCUT2D eigenvalue weighted by Gasteiger charge is 2.10. The first-order chi connectivity index (χ1) is 13.5. The molecule has 5 nitrogen and oxygen atoms in total. The van der Waals surface area contributed by atoms with E-state index >= 15 is 0 Å². The monoisotopic (exact) mass is 394 g/mol. The van der Waals surface area contributed by atoms with Gasteiger partial charge in [-0.25, -0.2) is 9.97 Å². The first-order valence-electron chi connectivity index (χ1n) is 9.17. The van der Waals surface area contributed by atoms with Gasteiger partial charge < -0.3 is 10.6 Å². The number of halogens is 1. The van der Waals surface area contributed by atoms with Crippen molar-refractivity contribution < 1.29 is 4.79 Å². The molecule has 0 fully saturated rings. The molecule has 0 spiro atoms. The van der Waals surface area contributed by atoms with E-state index in [0.29, 0.717) is 29.8 Å². The zero-order valence-corrected chi connectivity index (χ0v) is 16.8. The third-order valence-electron chi connectivity index (χ3n) is 4.23. The second kappa shape index (κ2) is 9.33. The molecule has 0 saturated carbocycles. The van der Waals surface area contributed by atoms with Gasteiger partial charge in [0.2, 0.25) is 5.95 Å². The van der Waals surface area contributed by atoms with Crippen molar-refractivity contribution in [3.05, 3.63) is 87.7 Å². The number of anilines is 1. The Bertz CT molecular complexity index is 957. The van der Waals surface area contributed by atoms with Crippen LogP contribution < -0.4 is 10.6 Å². The number of benzene rings is 2. The maximum Gasteiger partial charge on any atom is 0.270 e. The van der Waals surface area contributed by atoms with E-state index in [2.05, 4.69) is 39.7 Å². The molecule has 1 aromatic heterocycles. The molecule has 0 aliphatic rings. The van der Waals surface area contributed by atoms with Gasteiger partial charge in [-0.2, -0.15) is 0 Å². The summed E-state index contributed by atoms with van der Waals surface area (Å²) in [6, 6.07) is 17.5. The average Bonchev–Trinajstić information content (AvgIpc) is 2.67. The highest BCUT2D eigenvalue weighted by Crippen LogP contribution is 2.11. The predicted octanol–water partition coefficient (Wildman–Crippen LogP) is 4.33. The van der Waals surface area contributed by atoms with Crippen molar-refractivity contribution in [1.82, 2.24) is 15.3 Å². The molecule has 1 amide bonds. The molecule has 0 atom stereocenters. The summed E-state index contributed by atoms with van der Waals surface area (Å²) in [6.07, 6.45) is 0.728. The number of carbonyl (C=O) groups excluding carboxylic acids is 1. The molecule has 144 valence electrons. The molecule has 0 saturated heterocycles. The fourth-order valence-electron chi connectivity index (χ4n) is 2.83. The summed E-state index contributed by atoms with van der Waals surface area (Å²) in [5.41, 5.74) is 4.55. The molecule has 3 rings (SSSR count). The predicted molar refractivity (Wildman–Crippen MR) is 113 cm³/mol. The summed E-state index contributed by atoms with van der Waals surface area (Å²) in [7, 11) is 0. The quantitative estimate of drug-likeness (QED) is 0.625. The number of carbonyl (C=O) groups is 1. The van der Waals surface area contributed by atoms with E-state index in [1.807, 2.05) is 43.3 Å². The summed E-state index contributed by atoms with van der Waals surface area (Å²) in [4.78, 5) is 21.2. The third kappa shape index (κ3) is 5.79. The van der Waals surface area contributed by atoms with Crippen molar-refractivity contribution in [2.45, 2.75) is 26.8 Å². The second-order valence-corrected chi connectivity index (χ2v) is 7.13. The Morgan fingerprint density at radius 1 is 1.00 bits per heavy atom. The smallest absolute Gasteiger partial charge is 0.270 e. The van der Waals surface area contributed by atoms with Gasteiger partial charge in [-0.15, -0.1) is 0 Å². The van der Waals surface area contributed by atoms with E-state index < -0.39 is 0 Å². The van der Waals surface area contributed by atoms with Crippen molar-refractivity contribution in [3.63, 3.8) is 0 Å². The van der Waals surface area contributed by atoms with Crippen LogP contribution >= 0.6 is 11.6 Å². The van der Waals surface area contributed by atoms with Crippen LogP contribution in [-0.2, 0) is 13.0 Å². The largest absolute Gasteiger partial charge is 0.350 e. The number of hydrogen-bond acceptors (Lipinski definition) is 4. The number of nitrogens with zero attached hydrogens (tertiary/aromatic N) is 2. The molecule has 0 aliphatic heterocycles. The zero-order valence-electron chi connectivity index (χ0n) is 16.0. The van der Waals surface area contributed by atoms with Gasteiger partial charge in [-0.1, -0.05) is 53.6 Å². The number of rotatable bonds is 7. The van der Waals surface area contributed by atoms with Crippen LogP contribution in [0.2, 0.25) is 5.02 Å². The lowest BCUT2D eigenvalue weighted by Gasteiger charge is -2.09. The number of aryl methyl sites for hydroxylation is 2. The first kappa shape index (κ1) is 19.8. The SMILES string of the molecule is Cc1cccc(CNc2nc(C)cc(C(=O)NCCc3ccc(Cl)cc3)n2)c1. The van der Waals surface area contributed by atoms with E-state index in [4.69, 9.17) is 11.6 Å². The molecular formula is C22H23ClN4O. The van der Waals surface area contributed by atoms with E-state index in [1.165, 1.54) is 5.56 Å². The van der Waals surface area contributed by atoms with Crippen molar-refractivity contribution in [3.8, 4) is 0 Å². The van der Waals surface area contributed by atoms with Gasteiger partial charge >= 0.3 is 0 Å². The number of amides is 1. The molecule has 0 aliphatic carbocycles. The maximum atomic E-state index is 12.5. The fraction of sp³-hybridized carbons (Fsp3) is 0.227. The lowest BCUT2D eigenvalue weighted by atomic mass is 10.1. The van der Waals surface area contributed by atoms with Crippen LogP contribution in [0.15, 0.2) is 54.6 Å².